The number of ether oxygens (including phenoxy) is 1. The maximum Gasteiger partial charge on any atom is 0.135 e. The molecule has 10 aromatic rings. The van der Waals surface area contributed by atoms with Crippen molar-refractivity contribution < 1.29 is 25.8 Å². The molecule has 3 heterocycles. The van der Waals surface area contributed by atoms with E-state index in [9.17, 15) is 0 Å². The Morgan fingerprint density at radius 2 is 0.935 bits per heavy atom. The van der Waals surface area contributed by atoms with Gasteiger partial charge in [0.05, 0.1) is 0 Å². The summed E-state index contributed by atoms with van der Waals surface area (Å²) in [6.07, 6.45) is 1.93. The molecule has 77 heavy (non-hydrogen) atoms. The normalized spacial score (nSPS) is 13.2. The van der Waals surface area contributed by atoms with Crippen LogP contribution in [0.15, 0.2) is 194 Å². The van der Waals surface area contributed by atoms with Crippen molar-refractivity contribution in [2.45, 2.75) is 110 Å². The SMILES string of the molecule is CC(C)(C)c1ccnc(-n2c3[c-]c(Oc4[c-]c(N5[CH-]N(c6cc(C(C)(C)c7ccccc7)cc(C(C)(C)c7ccccc7)c6)c6ccccc65)cc(C(C)(C)c5ccccc5)c4)cc(C(C)(C)C)c3c3ccccc32)c1.[Pt]. The van der Waals surface area contributed by atoms with Crippen LogP contribution in [0.5, 0.6) is 11.5 Å². The minimum Gasteiger partial charge on any atom is -0.509 e. The van der Waals surface area contributed by atoms with Crippen LogP contribution in [0.3, 0.4) is 0 Å². The first-order chi connectivity index (χ1) is 36.2. The van der Waals surface area contributed by atoms with Crippen molar-refractivity contribution in [2.24, 2.45) is 0 Å². The van der Waals surface area contributed by atoms with Gasteiger partial charge in [0.25, 0.3) is 0 Å². The van der Waals surface area contributed by atoms with Gasteiger partial charge in [0.2, 0.25) is 0 Å². The number of para-hydroxylation sites is 3. The van der Waals surface area contributed by atoms with Gasteiger partial charge in [0.15, 0.2) is 0 Å². The van der Waals surface area contributed by atoms with Gasteiger partial charge in [-0.25, -0.2) is 4.98 Å². The topological polar surface area (TPSA) is 33.5 Å². The summed E-state index contributed by atoms with van der Waals surface area (Å²) in [4.78, 5) is 9.65. The number of pyridine rings is 1. The Balaban J connectivity index is 0.00000672. The Morgan fingerprint density at radius 1 is 0.442 bits per heavy atom. The largest absolute Gasteiger partial charge is 0.509 e. The third-order valence-electron chi connectivity index (χ3n) is 16.1. The predicted molar refractivity (Wildman–Crippen MR) is 317 cm³/mol. The van der Waals surface area contributed by atoms with E-state index in [4.69, 9.17) is 9.72 Å². The molecule has 1 aliphatic rings. The Hall–Kier alpha value is -7.20. The summed E-state index contributed by atoms with van der Waals surface area (Å²) in [6, 6.07) is 75.7. The first-order valence-electron chi connectivity index (χ1n) is 26.8. The van der Waals surface area contributed by atoms with Gasteiger partial charge in [-0.3, -0.25) is 0 Å². The maximum absolute atomic E-state index is 7.25. The minimum absolute atomic E-state index is 0. The zero-order valence-electron chi connectivity index (χ0n) is 46.6. The zero-order chi connectivity index (χ0) is 53.4. The average Bonchev–Trinajstić information content (AvgIpc) is 3.98. The van der Waals surface area contributed by atoms with Crippen LogP contribution in [0.25, 0.3) is 27.6 Å². The molecule has 0 saturated heterocycles. The van der Waals surface area contributed by atoms with Gasteiger partial charge in [-0.05, 0) is 97.5 Å². The Labute approximate surface area is 471 Å². The van der Waals surface area contributed by atoms with E-state index in [-0.39, 0.29) is 42.7 Å². The fraction of sp³-hybridized carbons (Fsp3) is 0.239. The van der Waals surface area contributed by atoms with Crippen molar-refractivity contribution in [3.8, 4) is 17.3 Å². The molecule has 0 saturated carbocycles. The van der Waals surface area contributed by atoms with E-state index in [0.717, 1.165) is 55.9 Å². The first kappa shape index (κ1) is 53.2. The minimum atomic E-state index is -0.405. The summed E-state index contributed by atoms with van der Waals surface area (Å²) >= 11 is 0. The summed E-state index contributed by atoms with van der Waals surface area (Å²) in [7, 11) is 0. The van der Waals surface area contributed by atoms with Crippen molar-refractivity contribution in [2.75, 3.05) is 9.80 Å². The molecule has 0 N–H and O–H groups in total. The molecular weight excluding hydrogens is 1120 g/mol. The van der Waals surface area contributed by atoms with Crippen LogP contribution < -0.4 is 14.5 Å². The van der Waals surface area contributed by atoms with Gasteiger partial charge < -0.3 is 19.1 Å². The first-order valence-corrected chi connectivity index (χ1v) is 26.8. The molecule has 5 nitrogen and oxygen atoms in total. The van der Waals surface area contributed by atoms with Gasteiger partial charge in [-0.1, -0.05) is 221 Å². The summed E-state index contributed by atoms with van der Waals surface area (Å²) < 4.78 is 9.51. The van der Waals surface area contributed by atoms with Crippen molar-refractivity contribution >= 4 is 44.6 Å². The van der Waals surface area contributed by atoms with E-state index >= 15 is 0 Å². The molecule has 0 atom stereocenters. The number of aromatic nitrogens is 2. The molecule has 8 aromatic carbocycles. The molecule has 11 rings (SSSR count). The molecule has 0 aliphatic carbocycles. The van der Waals surface area contributed by atoms with Crippen LogP contribution >= 0.6 is 0 Å². The van der Waals surface area contributed by atoms with Crippen molar-refractivity contribution in [3.63, 3.8) is 0 Å². The monoisotopic (exact) mass is 1190 g/mol. The predicted octanol–water partition coefficient (Wildman–Crippen LogP) is 18.6. The molecule has 0 bridgehead atoms. The van der Waals surface area contributed by atoms with Crippen LogP contribution in [0, 0.1) is 18.8 Å². The second-order valence-electron chi connectivity index (χ2n) is 24.3. The van der Waals surface area contributed by atoms with E-state index in [1.54, 1.807) is 0 Å². The van der Waals surface area contributed by atoms with Crippen LogP contribution in [-0.4, -0.2) is 9.55 Å². The van der Waals surface area contributed by atoms with Gasteiger partial charge in [-0.2, -0.15) is 0 Å². The fourth-order valence-electron chi connectivity index (χ4n) is 11.1. The Kier molecular flexibility index (Phi) is 13.8. The van der Waals surface area contributed by atoms with E-state index in [2.05, 4.69) is 304 Å². The number of rotatable bonds is 11. The van der Waals surface area contributed by atoms with Crippen molar-refractivity contribution in [3.05, 3.63) is 258 Å². The van der Waals surface area contributed by atoms with Crippen LogP contribution in [-0.2, 0) is 48.1 Å². The maximum atomic E-state index is 7.25. The second-order valence-corrected chi connectivity index (χ2v) is 24.3. The standard InChI is InChI=1S/C71H69N4O.Pt/c1-67(2,3)51-36-37-72-65(43-51)75-61-33-23-22-32-59(61)66-60(68(4,5)6)45-58(46-64(66)75)76-57-42-54(71(11,12)50-30-20-15-21-31-50)41-56(44-57)74-47-73(62-34-24-25-35-63(62)74)55-39-52(69(7,8)48-26-16-13-17-27-48)38-53(40-55)70(9,10)49-28-18-14-19-29-49;/h13-43,45,47H,1-12H3;/q-3;. The summed E-state index contributed by atoms with van der Waals surface area (Å²) in [5.41, 5.74) is 14.5. The summed E-state index contributed by atoms with van der Waals surface area (Å²) in [5.74, 6) is 2.07. The molecule has 0 fully saturated rings. The molecule has 1 aliphatic heterocycles. The number of anilines is 4. The van der Waals surface area contributed by atoms with Gasteiger partial charge >= 0.3 is 0 Å². The molecule has 0 radical (unpaired) electrons. The number of benzene rings is 8. The number of nitrogens with zero attached hydrogens (tertiary/aromatic N) is 4. The fourth-order valence-corrected chi connectivity index (χ4v) is 11.1. The summed E-state index contributed by atoms with van der Waals surface area (Å²) in [5, 5.41) is 2.31. The van der Waals surface area contributed by atoms with Gasteiger partial charge in [0, 0.05) is 72.2 Å². The molecule has 2 aromatic heterocycles. The van der Waals surface area contributed by atoms with E-state index in [1.165, 1.54) is 38.9 Å². The van der Waals surface area contributed by atoms with Crippen LogP contribution in [0.4, 0.5) is 22.7 Å². The number of fused-ring (bicyclic) bond motifs is 4. The molecule has 0 spiro atoms. The average molecular weight is 1190 g/mol. The van der Waals surface area contributed by atoms with Crippen LogP contribution in [0.1, 0.15) is 128 Å². The van der Waals surface area contributed by atoms with Gasteiger partial charge in [-0.15, -0.1) is 53.8 Å². The number of hydrogen-bond donors (Lipinski definition) is 0. The molecule has 6 heteroatoms. The van der Waals surface area contributed by atoms with Crippen LogP contribution in [0.2, 0.25) is 0 Å². The molecule has 392 valence electrons. The Bertz CT molecular complexity index is 3700. The third-order valence-corrected chi connectivity index (χ3v) is 16.1. The van der Waals surface area contributed by atoms with E-state index in [0.29, 0.717) is 11.5 Å². The van der Waals surface area contributed by atoms with Gasteiger partial charge in [0.1, 0.15) is 5.82 Å². The number of hydrogen-bond acceptors (Lipinski definition) is 4. The summed E-state index contributed by atoms with van der Waals surface area (Å²) in [6.45, 7) is 29.8. The van der Waals surface area contributed by atoms with E-state index in [1.807, 2.05) is 6.20 Å². The quantitative estimate of drug-likeness (QED) is 0.121. The molecule has 0 amide bonds. The zero-order valence-corrected chi connectivity index (χ0v) is 48.8. The van der Waals surface area contributed by atoms with Crippen molar-refractivity contribution in [1.82, 2.24) is 9.55 Å². The molecular formula is C71H69N4OPt-3. The smallest absolute Gasteiger partial charge is 0.135 e. The third kappa shape index (κ3) is 9.82. The molecule has 0 unspecified atom stereocenters. The van der Waals surface area contributed by atoms with E-state index < -0.39 is 5.41 Å². The second kappa shape index (κ2) is 20.0. The van der Waals surface area contributed by atoms with Crippen molar-refractivity contribution in [1.29, 1.82) is 0 Å². The Morgan fingerprint density at radius 3 is 1.48 bits per heavy atom.